The number of rotatable bonds is 8. The zero-order valence-electron chi connectivity index (χ0n) is 24.3. The number of nitrogens with one attached hydrogen (secondary N) is 1. The van der Waals surface area contributed by atoms with Crippen molar-refractivity contribution >= 4 is 40.6 Å². The van der Waals surface area contributed by atoms with E-state index in [-0.39, 0.29) is 22.6 Å². The predicted molar refractivity (Wildman–Crippen MR) is 167 cm³/mol. The summed E-state index contributed by atoms with van der Waals surface area (Å²) in [5.74, 6) is -0.260. The Labute approximate surface area is 252 Å². The Hall–Kier alpha value is -3.88. The summed E-state index contributed by atoms with van der Waals surface area (Å²) in [7, 11) is 0. The number of anilines is 2. The van der Waals surface area contributed by atoms with Gasteiger partial charge in [-0.25, -0.2) is 9.78 Å². The van der Waals surface area contributed by atoms with Crippen molar-refractivity contribution in [2.24, 2.45) is 5.41 Å². The average molecular weight is 589 g/mol. The molecule has 2 aromatic carbocycles. The molecule has 1 aromatic heterocycles. The van der Waals surface area contributed by atoms with Crippen LogP contribution in [0.1, 0.15) is 56.0 Å². The number of halogens is 1. The first-order valence-electron chi connectivity index (χ1n) is 14.3. The molecule has 5 rings (SSSR count). The van der Waals surface area contributed by atoms with Gasteiger partial charge in [-0.05, 0) is 72.2 Å². The molecule has 3 aromatic rings. The van der Waals surface area contributed by atoms with Gasteiger partial charge in [0.2, 0.25) is 5.91 Å². The van der Waals surface area contributed by atoms with E-state index in [4.69, 9.17) is 16.3 Å². The van der Waals surface area contributed by atoms with E-state index in [1.165, 1.54) is 36.3 Å². The van der Waals surface area contributed by atoms with Gasteiger partial charge in [-0.1, -0.05) is 43.2 Å². The van der Waals surface area contributed by atoms with Gasteiger partial charge in [0.15, 0.2) is 0 Å². The highest BCUT2D eigenvalue weighted by molar-refractivity contribution is 6.30. The Morgan fingerprint density at radius 3 is 2.43 bits per heavy atom. The summed E-state index contributed by atoms with van der Waals surface area (Å²) in [6, 6.07) is 16.7. The first kappa shape index (κ1) is 29.6. The van der Waals surface area contributed by atoms with Crippen LogP contribution in [-0.2, 0) is 4.79 Å². The van der Waals surface area contributed by atoms with Crippen molar-refractivity contribution in [1.29, 1.82) is 0 Å². The molecule has 1 amide bonds. The van der Waals surface area contributed by atoms with Crippen LogP contribution >= 0.6 is 11.6 Å². The largest absolute Gasteiger partial charge is 0.478 e. The molecule has 8 nitrogen and oxygen atoms in total. The van der Waals surface area contributed by atoms with Gasteiger partial charge in [-0.3, -0.25) is 9.69 Å². The van der Waals surface area contributed by atoms with Crippen molar-refractivity contribution in [3.05, 3.63) is 82.5 Å². The molecule has 220 valence electrons. The van der Waals surface area contributed by atoms with E-state index in [0.29, 0.717) is 11.6 Å². The smallest absolute Gasteiger partial charge is 0.339 e. The molecule has 42 heavy (non-hydrogen) atoms. The van der Waals surface area contributed by atoms with Crippen LogP contribution in [0.25, 0.3) is 5.57 Å². The Morgan fingerprint density at radius 1 is 1.05 bits per heavy atom. The second kappa shape index (κ2) is 12.5. The van der Waals surface area contributed by atoms with Gasteiger partial charge in [0, 0.05) is 56.4 Å². The molecule has 2 heterocycles. The van der Waals surface area contributed by atoms with Crippen molar-refractivity contribution in [3.8, 4) is 11.5 Å². The number of allylic oxidation sites excluding steroid dienone is 1. The third-order valence-electron chi connectivity index (χ3n) is 7.99. The number of pyridine rings is 1. The van der Waals surface area contributed by atoms with Crippen molar-refractivity contribution < 1.29 is 19.4 Å². The zero-order valence-corrected chi connectivity index (χ0v) is 25.1. The molecule has 1 saturated heterocycles. The molecular formula is C33H37ClN4O4. The van der Waals surface area contributed by atoms with Crippen LogP contribution in [0.3, 0.4) is 0 Å². The highest BCUT2D eigenvalue weighted by Crippen LogP contribution is 2.43. The quantitative estimate of drug-likeness (QED) is 0.293. The van der Waals surface area contributed by atoms with Crippen molar-refractivity contribution in [2.45, 2.75) is 40.0 Å². The van der Waals surface area contributed by atoms with E-state index < -0.39 is 5.97 Å². The summed E-state index contributed by atoms with van der Waals surface area (Å²) in [5.41, 5.74) is 5.51. The lowest BCUT2D eigenvalue weighted by molar-refractivity contribution is -0.114. The number of hydrogen-bond donors (Lipinski definition) is 2. The van der Waals surface area contributed by atoms with Crippen LogP contribution in [0.5, 0.6) is 11.5 Å². The van der Waals surface area contributed by atoms with Crippen LogP contribution < -0.4 is 15.0 Å². The number of nitrogens with zero attached hydrogens (tertiary/aromatic N) is 3. The second-order valence-electron chi connectivity index (χ2n) is 11.8. The maximum absolute atomic E-state index is 11.9. The van der Waals surface area contributed by atoms with Crippen LogP contribution in [-0.4, -0.2) is 59.6 Å². The maximum Gasteiger partial charge on any atom is 0.339 e. The van der Waals surface area contributed by atoms with Gasteiger partial charge in [0.05, 0.1) is 6.20 Å². The van der Waals surface area contributed by atoms with Crippen LogP contribution in [0.2, 0.25) is 5.02 Å². The number of carboxylic acids is 1. The number of carbonyl (C=O) groups excluding carboxylic acids is 1. The van der Waals surface area contributed by atoms with E-state index in [2.05, 4.69) is 46.1 Å². The topological polar surface area (TPSA) is 95.0 Å². The van der Waals surface area contributed by atoms with Gasteiger partial charge < -0.3 is 20.1 Å². The van der Waals surface area contributed by atoms with E-state index in [1.54, 1.807) is 24.3 Å². The fourth-order valence-electron chi connectivity index (χ4n) is 5.69. The lowest BCUT2D eigenvalue weighted by Gasteiger charge is -2.39. The number of amides is 1. The maximum atomic E-state index is 11.9. The first-order chi connectivity index (χ1) is 20.1. The molecule has 0 bridgehead atoms. The summed E-state index contributed by atoms with van der Waals surface area (Å²) >= 11 is 6.18. The molecule has 0 unspecified atom stereocenters. The number of aromatic nitrogens is 1. The van der Waals surface area contributed by atoms with Crippen LogP contribution in [0.15, 0.2) is 66.4 Å². The third kappa shape index (κ3) is 7.30. The molecule has 0 spiro atoms. The Bertz CT molecular complexity index is 1480. The molecule has 2 N–H and O–H groups in total. The summed E-state index contributed by atoms with van der Waals surface area (Å²) < 4.78 is 5.95. The SMILES string of the molecule is CC(=O)Nc1ccc(Oc2cc(N3CCN(CC4=C(c5ccc(Cl)cc5)CC(C)(C)CC4)CC3)ccc2C(=O)O)cn1. The molecule has 1 aliphatic heterocycles. The fourth-order valence-corrected chi connectivity index (χ4v) is 5.81. The minimum absolute atomic E-state index is 0.0743. The molecule has 9 heteroatoms. The normalized spacial score (nSPS) is 17.2. The first-order valence-corrected chi connectivity index (χ1v) is 14.7. The molecule has 1 fully saturated rings. The van der Waals surface area contributed by atoms with E-state index in [1.807, 2.05) is 18.2 Å². The molecular weight excluding hydrogens is 552 g/mol. The third-order valence-corrected chi connectivity index (χ3v) is 8.25. The number of carboxylic acid groups (broad SMARTS) is 1. The zero-order chi connectivity index (χ0) is 29.9. The molecule has 0 radical (unpaired) electrons. The number of aromatic carboxylic acids is 1. The lowest BCUT2D eigenvalue weighted by Crippen LogP contribution is -2.47. The van der Waals surface area contributed by atoms with Gasteiger partial charge in [-0.15, -0.1) is 0 Å². The summed E-state index contributed by atoms with van der Waals surface area (Å²) in [6.07, 6.45) is 4.81. The molecule has 0 saturated carbocycles. The number of carbonyl (C=O) groups is 2. The summed E-state index contributed by atoms with van der Waals surface area (Å²) in [6.45, 7) is 10.5. The Morgan fingerprint density at radius 2 is 1.79 bits per heavy atom. The number of ether oxygens (including phenoxy) is 1. The van der Waals surface area contributed by atoms with Crippen molar-refractivity contribution in [3.63, 3.8) is 0 Å². The van der Waals surface area contributed by atoms with Crippen LogP contribution in [0.4, 0.5) is 11.5 Å². The predicted octanol–water partition coefficient (Wildman–Crippen LogP) is 6.97. The number of piperazine rings is 1. The van der Waals surface area contributed by atoms with E-state index >= 15 is 0 Å². The van der Waals surface area contributed by atoms with E-state index in [9.17, 15) is 14.7 Å². The molecule has 0 atom stereocenters. The highest BCUT2D eigenvalue weighted by Gasteiger charge is 2.29. The van der Waals surface area contributed by atoms with Gasteiger partial charge >= 0.3 is 5.97 Å². The molecule has 2 aliphatic rings. The van der Waals surface area contributed by atoms with Gasteiger partial charge in [0.1, 0.15) is 22.9 Å². The Kier molecular flexibility index (Phi) is 8.85. The highest BCUT2D eigenvalue weighted by atomic mass is 35.5. The number of hydrogen-bond acceptors (Lipinski definition) is 6. The Balaban J connectivity index is 1.28. The fraction of sp³-hybridized carbons (Fsp3) is 0.364. The standard InChI is InChI=1S/C33H37ClN4O4/c1-22(39)36-31-11-9-27(20-35-31)42-30-18-26(8-10-28(30)32(40)41)38-16-14-37(15-17-38)21-24-12-13-33(2,3)19-29(24)23-4-6-25(34)7-5-23/h4-11,18,20H,12-17,19,21H2,1-3H3,(H,40,41)(H,35,36,39). The lowest BCUT2D eigenvalue weighted by atomic mass is 9.72. The van der Waals surface area contributed by atoms with Crippen molar-refractivity contribution in [2.75, 3.05) is 42.9 Å². The van der Waals surface area contributed by atoms with Crippen molar-refractivity contribution in [1.82, 2.24) is 9.88 Å². The van der Waals surface area contributed by atoms with Gasteiger partial charge in [0.25, 0.3) is 0 Å². The van der Waals surface area contributed by atoms with E-state index in [0.717, 1.165) is 56.3 Å². The molecule has 1 aliphatic carbocycles. The van der Waals surface area contributed by atoms with Gasteiger partial charge in [-0.2, -0.15) is 0 Å². The number of benzene rings is 2. The summed E-state index contributed by atoms with van der Waals surface area (Å²) in [5, 5.41) is 13.1. The average Bonchev–Trinajstić information content (AvgIpc) is 2.95. The minimum atomic E-state index is -1.07. The van der Waals surface area contributed by atoms with Crippen LogP contribution in [0, 0.1) is 5.41 Å². The second-order valence-corrected chi connectivity index (χ2v) is 12.3. The minimum Gasteiger partial charge on any atom is -0.478 e. The monoisotopic (exact) mass is 588 g/mol. The summed E-state index contributed by atoms with van der Waals surface area (Å²) in [4.78, 5) is 32.1.